The van der Waals surface area contributed by atoms with Crippen molar-refractivity contribution in [3.05, 3.63) is 51.2 Å². The van der Waals surface area contributed by atoms with E-state index in [9.17, 15) is 13.2 Å². The number of carbonyl (C=O) groups is 1. The molecular weight excluding hydrogens is 420 g/mol. The zero-order valence-electron chi connectivity index (χ0n) is 16.0. The first-order chi connectivity index (χ1) is 13.2. The minimum absolute atomic E-state index is 0.0501. The van der Waals surface area contributed by atoms with Crippen LogP contribution in [-0.4, -0.2) is 55.9 Å². The van der Waals surface area contributed by atoms with Gasteiger partial charge in [-0.1, -0.05) is 17.7 Å². The van der Waals surface area contributed by atoms with Gasteiger partial charge >= 0.3 is 0 Å². The summed E-state index contributed by atoms with van der Waals surface area (Å²) < 4.78 is 33.3. The van der Waals surface area contributed by atoms with Crippen molar-refractivity contribution < 1.29 is 17.9 Å². The van der Waals surface area contributed by atoms with E-state index in [-0.39, 0.29) is 46.7 Å². The number of thiophene rings is 1. The molecule has 1 saturated heterocycles. The summed E-state index contributed by atoms with van der Waals surface area (Å²) in [5, 5.41) is 2.05. The van der Waals surface area contributed by atoms with Crippen LogP contribution < -0.4 is 0 Å². The lowest BCUT2D eigenvalue weighted by Gasteiger charge is -2.34. The lowest BCUT2D eigenvalue weighted by molar-refractivity contribution is -0.0440. The summed E-state index contributed by atoms with van der Waals surface area (Å²) in [6.45, 7) is 4.62. The summed E-state index contributed by atoms with van der Waals surface area (Å²) in [5.74, 6) is -0.259. The van der Waals surface area contributed by atoms with Crippen LogP contribution in [-0.2, 0) is 21.3 Å². The number of benzene rings is 1. The van der Waals surface area contributed by atoms with Gasteiger partial charge in [0.15, 0.2) is 0 Å². The third-order valence-electron chi connectivity index (χ3n) is 4.50. The first-order valence-electron chi connectivity index (χ1n) is 8.91. The van der Waals surface area contributed by atoms with Gasteiger partial charge in [0.1, 0.15) is 4.90 Å². The molecule has 1 aliphatic rings. The maximum Gasteiger partial charge on any atom is 0.253 e. The Balaban J connectivity index is 1.87. The minimum Gasteiger partial charge on any atom is -0.373 e. The van der Waals surface area contributed by atoms with Crippen LogP contribution in [0.25, 0.3) is 0 Å². The van der Waals surface area contributed by atoms with Gasteiger partial charge in [-0.15, -0.1) is 11.3 Å². The summed E-state index contributed by atoms with van der Waals surface area (Å²) in [6.07, 6.45) is -0.418. The van der Waals surface area contributed by atoms with Crippen LogP contribution >= 0.6 is 22.9 Å². The van der Waals surface area contributed by atoms with Crippen molar-refractivity contribution in [3.8, 4) is 0 Å². The second kappa shape index (κ2) is 8.51. The fourth-order valence-corrected chi connectivity index (χ4v) is 6.08. The van der Waals surface area contributed by atoms with Gasteiger partial charge in [-0.3, -0.25) is 4.79 Å². The summed E-state index contributed by atoms with van der Waals surface area (Å²) >= 11 is 7.78. The molecule has 0 spiro atoms. The van der Waals surface area contributed by atoms with Crippen LogP contribution in [0.3, 0.4) is 0 Å². The van der Waals surface area contributed by atoms with Gasteiger partial charge in [-0.05, 0) is 43.5 Å². The van der Waals surface area contributed by atoms with Crippen LogP contribution in [0.2, 0.25) is 5.02 Å². The van der Waals surface area contributed by atoms with Crippen molar-refractivity contribution >= 4 is 38.9 Å². The monoisotopic (exact) mass is 442 g/mol. The molecule has 6 nitrogen and oxygen atoms in total. The van der Waals surface area contributed by atoms with Gasteiger partial charge in [0, 0.05) is 30.6 Å². The van der Waals surface area contributed by atoms with Crippen LogP contribution in [0, 0.1) is 0 Å². The highest BCUT2D eigenvalue weighted by atomic mass is 35.5. The highest BCUT2D eigenvalue weighted by molar-refractivity contribution is 7.89. The summed E-state index contributed by atoms with van der Waals surface area (Å²) in [7, 11) is -2.15. The Hall–Kier alpha value is -1.45. The maximum atomic E-state index is 13.2. The van der Waals surface area contributed by atoms with Crippen molar-refractivity contribution in [2.45, 2.75) is 37.5 Å². The molecule has 9 heteroatoms. The quantitative estimate of drug-likeness (QED) is 0.711. The number of rotatable bonds is 5. The van der Waals surface area contributed by atoms with E-state index < -0.39 is 10.0 Å². The van der Waals surface area contributed by atoms with Gasteiger partial charge in [-0.2, -0.15) is 4.31 Å². The third-order valence-corrected chi connectivity index (χ3v) is 7.68. The molecule has 1 aromatic carbocycles. The van der Waals surface area contributed by atoms with E-state index in [2.05, 4.69) is 0 Å². The Morgan fingerprint density at radius 3 is 2.57 bits per heavy atom. The van der Waals surface area contributed by atoms with Crippen molar-refractivity contribution in [1.82, 2.24) is 9.21 Å². The number of halogens is 1. The van der Waals surface area contributed by atoms with Crippen LogP contribution in [0.15, 0.2) is 40.6 Å². The SMILES string of the molecule is C[C@@H]1CN(S(=O)(=O)c2cc(C(=O)N(C)Cc3cccs3)ccc2Cl)C[C@H](C)O1. The van der Waals surface area contributed by atoms with Crippen LogP contribution in [0.4, 0.5) is 0 Å². The predicted octanol–water partition coefficient (Wildman–Crippen LogP) is 3.47. The normalized spacial score (nSPS) is 20.9. The molecule has 28 heavy (non-hydrogen) atoms. The molecule has 0 unspecified atom stereocenters. The fraction of sp³-hybridized carbons (Fsp3) is 0.421. The van der Waals surface area contributed by atoms with Gasteiger partial charge in [0.05, 0.1) is 23.8 Å². The van der Waals surface area contributed by atoms with E-state index in [0.29, 0.717) is 6.54 Å². The molecule has 1 aliphatic heterocycles. The van der Waals surface area contributed by atoms with Crippen molar-refractivity contribution in [2.24, 2.45) is 0 Å². The van der Waals surface area contributed by atoms with E-state index in [0.717, 1.165) is 4.88 Å². The molecule has 2 atom stereocenters. The lowest BCUT2D eigenvalue weighted by Crippen LogP contribution is -2.48. The number of ether oxygens (including phenoxy) is 1. The van der Waals surface area contributed by atoms with E-state index >= 15 is 0 Å². The van der Waals surface area contributed by atoms with E-state index in [4.69, 9.17) is 16.3 Å². The number of morpholine rings is 1. The third kappa shape index (κ3) is 4.58. The first kappa shape index (κ1) is 21.3. The molecule has 1 aromatic heterocycles. The zero-order valence-corrected chi connectivity index (χ0v) is 18.4. The number of nitrogens with zero attached hydrogens (tertiary/aromatic N) is 2. The fourth-order valence-electron chi connectivity index (χ4n) is 3.23. The number of hydrogen-bond acceptors (Lipinski definition) is 5. The van der Waals surface area contributed by atoms with Crippen molar-refractivity contribution in [2.75, 3.05) is 20.1 Å². The van der Waals surface area contributed by atoms with Crippen LogP contribution in [0.1, 0.15) is 29.1 Å². The maximum absolute atomic E-state index is 13.2. The Labute approximate surface area is 174 Å². The molecule has 2 aromatic rings. The molecule has 0 radical (unpaired) electrons. The minimum atomic E-state index is -3.84. The molecular formula is C19H23ClN2O4S2. The number of amides is 1. The van der Waals surface area contributed by atoms with Gasteiger partial charge in [0.25, 0.3) is 5.91 Å². The molecule has 0 bridgehead atoms. The lowest BCUT2D eigenvalue weighted by atomic mass is 10.2. The Morgan fingerprint density at radius 1 is 1.29 bits per heavy atom. The van der Waals surface area contributed by atoms with E-state index in [1.807, 2.05) is 31.4 Å². The van der Waals surface area contributed by atoms with Gasteiger partial charge in [-0.25, -0.2) is 8.42 Å². The first-order valence-corrected chi connectivity index (χ1v) is 11.6. The topological polar surface area (TPSA) is 66.9 Å². The summed E-state index contributed by atoms with van der Waals surface area (Å²) in [6, 6.07) is 8.27. The molecule has 2 heterocycles. The van der Waals surface area contributed by atoms with E-state index in [1.165, 1.54) is 16.4 Å². The second-order valence-corrected chi connectivity index (χ2v) is 10.3. The van der Waals surface area contributed by atoms with E-state index in [1.54, 1.807) is 29.4 Å². The summed E-state index contributed by atoms with van der Waals surface area (Å²) in [4.78, 5) is 15.4. The summed E-state index contributed by atoms with van der Waals surface area (Å²) in [5.41, 5.74) is 0.288. The highest BCUT2D eigenvalue weighted by Crippen LogP contribution is 2.28. The smallest absolute Gasteiger partial charge is 0.253 e. The van der Waals surface area contributed by atoms with Gasteiger partial charge in [0.2, 0.25) is 10.0 Å². The molecule has 1 fully saturated rings. The molecule has 0 aliphatic carbocycles. The Kier molecular flexibility index (Phi) is 6.46. The average Bonchev–Trinajstić information content (AvgIpc) is 3.13. The van der Waals surface area contributed by atoms with Crippen molar-refractivity contribution in [3.63, 3.8) is 0 Å². The predicted molar refractivity (Wildman–Crippen MR) is 110 cm³/mol. The molecule has 0 saturated carbocycles. The highest BCUT2D eigenvalue weighted by Gasteiger charge is 2.34. The standard InChI is InChI=1S/C19H23ClN2O4S2/c1-13-10-22(11-14(2)26-13)28(24,25)18-9-15(6-7-17(18)20)19(23)21(3)12-16-5-4-8-27-16/h4-9,13-14H,10-12H2,1-3H3/t13-,14+. The second-order valence-electron chi connectivity index (χ2n) is 6.97. The zero-order chi connectivity index (χ0) is 20.5. The van der Waals surface area contributed by atoms with Crippen LogP contribution in [0.5, 0.6) is 0 Å². The molecule has 3 rings (SSSR count). The molecule has 0 N–H and O–H groups in total. The Morgan fingerprint density at radius 2 is 1.96 bits per heavy atom. The van der Waals surface area contributed by atoms with Gasteiger partial charge < -0.3 is 9.64 Å². The number of hydrogen-bond donors (Lipinski definition) is 0. The molecule has 152 valence electrons. The Bertz CT molecular complexity index is 937. The average molecular weight is 443 g/mol. The molecule has 1 amide bonds. The van der Waals surface area contributed by atoms with Crippen molar-refractivity contribution in [1.29, 1.82) is 0 Å². The number of carbonyl (C=O) groups excluding carboxylic acids is 1. The number of sulfonamides is 1. The largest absolute Gasteiger partial charge is 0.373 e.